The summed E-state index contributed by atoms with van der Waals surface area (Å²) in [6.07, 6.45) is 0.592. The second-order valence-corrected chi connectivity index (χ2v) is 9.41. The number of phenolic OH excluding ortho intramolecular Hbond substituents is 1. The van der Waals surface area contributed by atoms with Crippen LogP contribution in [0.3, 0.4) is 0 Å². The van der Waals surface area contributed by atoms with Crippen molar-refractivity contribution in [1.29, 1.82) is 0 Å². The third-order valence-electron chi connectivity index (χ3n) is 4.56. The maximum absolute atomic E-state index is 12.5. The predicted molar refractivity (Wildman–Crippen MR) is 114 cm³/mol. The number of H-pyrrole nitrogens is 1. The highest BCUT2D eigenvalue weighted by molar-refractivity contribution is 7.89. The molecule has 0 amide bonds. The van der Waals surface area contributed by atoms with Crippen molar-refractivity contribution in [2.45, 2.75) is 31.2 Å². The van der Waals surface area contributed by atoms with Crippen LogP contribution in [-0.4, -0.2) is 37.1 Å². The molecule has 1 atom stereocenters. The zero-order valence-electron chi connectivity index (χ0n) is 17.3. The molecule has 4 N–H and O–H groups in total. The normalized spacial score (nSPS) is 12.8. The van der Waals surface area contributed by atoms with Crippen LogP contribution in [-0.2, 0) is 10.0 Å². The Morgan fingerprint density at radius 1 is 1.29 bits per heavy atom. The van der Waals surface area contributed by atoms with Gasteiger partial charge in [-0.3, -0.25) is 5.32 Å². The lowest BCUT2D eigenvalue weighted by atomic mass is 10.2. The van der Waals surface area contributed by atoms with Gasteiger partial charge in [0.2, 0.25) is 10.0 Å². The Bertz CT molecular complexity index is 1250. The topological polar surface area (TPSA) is 147 Å². The van der Waals surface area contributed by atoms with Crippen LogP contribution in [0.4, 0.5) is 17.3 Å². The lowest BCUT2D eigenvalue weighted by molar-refractivity contribution is -0.701. The zero-order chi connectivity index (χ0) is 22.9. The van der Waals surface area contributed by atoms with Crippen molar-refractivity contribution in [1.82, 2.24) is 9.46 Å². The largest absolute Gasteiger partial charge is 0.504 e. The monoisotopic (exact) mass is 472 g/mol. The van der Waals surface area contributed by atoms with Crippen molar-refractivity contribution in [3.8, 4) is 5.75 Å². The number of nitrogens with one attached hydrogen (secondary N) is 3. The highest BCUT2D eigenvalue weighted by Gasteiger charge is 2.30. The number of sulfonamides is 1. The molecule has 0 aliphatic carbocycles. The highest BCUT2D eigenvalue weighted by atomic mass is 35.5. The molecule has 0 bridgehead atoms. The summed E-state index contributed by atoms with van der Waals surface area (Å²) in [7, 11) is -1.40. The van der Waals surface area contributed by atoms with Gasteiger partial charge in [-0.15, -0.1) is 4.63 Å². The average molecular weight is 473 g/mol. The first kappa shape index (κ1) is 22.7. The maximum atomic E-state index is 12.5. The summed E-state index contributed by atoms with van der Waals surface area (Å²) in [6.45, 7) is 3.72. The van der Waals surface area contributed by atoms with E-state index in [1.54, 1.807) is 6.07 Å². The number of anilines is 3. The van der Waals surface area contributed by atoms with Crippen LogP contribution in [0.5, 0.6) is 5.75 Å². The number of hydrogen-bond acceptors (Lipinski definition) is 8. The number of aryl methyl sites for hydroxylation is 1. The van der Waals surface area contributed by atoms with E-state index in [1.165, 1.54) is 26.2 Å². The van der Waals surface area contributed by atoms with E-state index in [1.807, 2.05) is 19.9 Å². The molecule has 2 aromatic heterocycles. The Kier molecular flexibility index (Phi) is 6.34. The van der Waals surface area contributed by atoms with Crippen molar-refractivity contribution in [2.24, 2.45) is 0 Å². The summed E-state index contributed by atoms with van der Waals surface area (Å²) in [5, 5.41) is 18.7. The standard InChI is InChI=1S/C18H22ClN5O6S/c1-5-12(14-9-6-10(2)29-14)21-18-17(22-30-24(18)26)20-13-8-7-11(19)16(15(13)25)31(27,28)23(3)4/h6-9,12,21H,5H2,1-4H3,(H2-,20,22,25,26)/p+1/t12-/m1/s1. The summed E-state index contributed by atoms with van der Waals surface area (Å²) < 4.78 is 36.7. The van der Waals surface area contributed by atoms with E-state index in [2.05, 4.69) is 15.8 Å². The van der Waals surface area contributed by atoms with Crippen LogP contribution in [0, 0.1) is 11.8 Å². The van der Waals surface area contributed by atoms with Gasteiger partial charge in [-0.05, 0) is 42.5 Å². The van der Waals surface area contributed by atoms with Crippen molar-refractivity contribution < 1.29 is 27.2 Å². The molecule has 0 unspecified atom stereocenters. The molecule has 0 saturated heterocycles. The van der Waals surface area contributed by atoms with Gasteiger partial charge in [0, 0.05) is 14.1 Å². The molecule has 3 aromatic rings. The quantitative estimate of drug-likeness (QED) is 0.365. The van der Waals surface area contributed by atoms with Crippen LogP contribution in [0.1, 0.15) is 30.9 Å². The minimum atomic E-state index is -4.03. The number of aromatic nitrogens is 2. The second kappa shape index (κ2) is 8.65. The Balaban J connectivity index is 1.98. The van der Waals surface area contributed by atoms with Crippen molar-refractivity contribution in [3.05, 3.63) is 45.7 Å². The Morgan fingerprint density at radius 3 is 2.58 bits per heavy atom. The van der Waals surface area contributed by atoms with E-state index in [4.69, 9.17) is 20.6 Å². The molecule has 0 fully saturated rings. The SMILES string of the molecule is CC[C@@H](Nc1c(Nc2ccc(Cl)c(S(=O)(=O)N(C)C)c2O)[nH]o[n+]1=O)c1ccc(C)o1. The maximum Gasteiger partial charge on any atom is 0.367 e. The second-order valence-electron chi connectivity index (χ2n) is 6.91. The third-order valence-corrected chi connectivity index (χ3v) is 6.87. The van der Waals surface area contributed by atoms with Gasteiger partial charge in [0.25, 0.3) is 5.82 Å². The fourth-order valence-corrected chi connectivity index (χ4v) is 4.35. The van der Waals surface area contributed by atoms with Gasteiger partial charge in [0.05, 0.1) is 10.7 Å². The number of furan rings is 1. The minimum Gasteiger partial charge on any atom is -0.504 e. The van der Waals surface area contributed by atoms with Gasteiger partial charge in [0.1, 0.15) is 22.5 Å². The molecule has 0 aliphatic rings. The van der Waals surface area contributed by atoms with E-state index in [0.717, 1.165) is 10.1 Å². The molecule has 1 aromatic carbocycles. The predicted octanol–water partition coefficient (Wildman–Crippen LogP) is 3.34. The van der Waals surface area contributed by atoms with Crippen LogP contribution >= 0.6 is 11.6 Å². The van der Waals surface area contributed by atoms with Crippen LogP contribution in [0.2, 0.25) is 5.02 Å². The fraction of sp³-hybridized carbons (Fsp3) is 0.333. The van der Waals surface area contributed by atoms with Gasteiger partial charge in [-0.2, -0.15) is 0 Å². The number of hydrogen-bond donors (Lipinski definition) is 4. The van der Waals surface area contributed by atoms with E-state index >= 15 is 0 Å². The summed E-state index contributed by atoms with van der Waals surface area (Å²) in [5.41, 5.74) is -0.00702. The number of halogens is 1. The highest BCUT2D eigenvalue weighted by Crippen LogP contribution is 2.39. The van der Waals surface area contributed by atoms with Crippen molar-refractivity contribution in [3.63, 3.8) is 0 Å². The lowest BCUT2D eigenvalue weighted by Crippen LogP contribution is -2.23. The number of nitrogens with zero attached hydrogens (tertiary/aromatic N) is 2. The zero-order valence-corrected chi connectivity index (χ0v) is 18.8. The molecule has 0 saturated carbocycles. The van der Waals surface area contributed by atoms with Crippen LogP contribution in [0.25, 0.3) is 0 Å². The smallest absolute Gasteiger partial charge is 0.367 e. The Hall–Kier alpha value is -2.96. The van der Waals surface area contributed by atoms with Crippen molar-refractivity contribution in [2.75, 3.05) is 24.7 Å². The molecule has 11 nitrogen and oxygen atoms in total. The molecule has 31 heavy (non-hydrogen) atoms. The number of rotatable bonds is 8. The molecular formula is C18H23ClN5O6S+. The molecule has 2 heterocycles. The Labute approximate surface area is 183 Å². The van der Waals surface area contributed by atoms with Crippen LogP contribution in [0.15, 0.2) is 38.2 Å². The first-order chi connectivity index (χ1) is 14.6. The first-order valence-electron chi connectivity index (χ1n) is 9.24. The molecule has 0 radical (unpaired) electrons. The minimum absolute atomic E-state index is 0.00702. The van der Waals surface area contributed by atoms with E-state index < -0.39 is 20.7 Å². The van der Waals surface area contributed by atoms with Gasteiger partial charge in [-0.1, -0.05) is 23.7 Å². The summed E-state index contributed by atoms with van der Waals surface area (Å²) in [6, 6.07) is 5.96. The van der Waals surface area contributed by atoms with Gasteiger partial charge in [-0.25, -0.2) is 12.7 Å². The fourth-order valence-electron chi connectivity index (χ4n) is 2.87. The molecule has 0 spiro atoms. The first-order valence-corrected chi connectivity index (χ1v) is 11.1. The molecule has 168 valence electrons. The van der Waals surface area contributed by atoms with Crippen LogP contribution < -0.4 is 15.2 Å². The lowest BCUT2D eigenvalue weighted by Gasteiger charge is -2.16. The summed E-state index contributed by atoms with van der Waals surface area (Å²) in [4.78, 5) is 11.7. The summed E-state index contributed by atoms with van der Waals surface area (Å²) >= 11 is 6.03. The number of aromatic amines is 1. The number of benzene rings is 1. The molecule has 3 rings (SSSR count). The number of phenols is 1. The summed E-state index contributed by atoms with van der Waals surface area (Å²) in [5.74, 6) is 0.784. The molecule has 13 heteroatoms. The van der Waals surface area contributed by atoms with Gasteiger partial charge in [0.15, 0.2) is 10.3 Å². The average Bonchev–Trinajstić information content (AvgIpc) is 3.27. The van der Waals surface area contributed by atoms with E-state index in [-0.39, 0.29) is 33.0 Å². The van der Waals surface area contributed by atoms with Gasteiger partial charge >= 0.3 is 5.82 Å². The van der Waals surface area contributed by atoms with Crippen molar-refractivity contribution >= 4 is 38.9 Å². The third kappa shape index (κ3) is 4.40. The molecule has 0 aliphatic heterocycles. The molecular weight excluding hydrogens is 450 g/mol. The van der Waals surface area contributed by atoms with Gasteiger partial charge < -0.3 is 14.8 Å². The van der Waals surface area contributed by atoms with E-state index in [0.29, 0.717) is 12.2 Å². The van der Waals surface area contributed by atoms with E-state index in [9.17, 15) is 18.4 Å². The Morgan fingerprint density at radius 2 is 2.00 bits per heavy atom. The number of aromatic hydroxyl groups is 1.